The van der Waals surface area contributed by atoms with Crippen molar-refractivity contribution >= 4 is 11.9 Å². The molecule has 0 fully saturated rings. The normalized spacial score (nSPS) is 11.6. The summed E-state index contributed by atoms with van der Waals surface area (Å²) in [7, 11) is 3.19. The van der Waals surface area contributed by atoms with Gasteiger partial charge < -0.3 is 18.9 Å². The standard InChI is InChI=1S/C30H34O6/c1-29(2,3)23-17-21(33-7)13-15-25(23)35-27(31)19-9-11-20(12-10-19)28(32)36-26-16-14-22(34-8)18-24(26)30(4,5)6/h9-18H,1-8H3. The Labute approximate surface area is 213 Å². The highest BCUT2D eigenvalue weighted by Crippen LogP contribution is 2.36. The van der Waals surface area contributed by atoms with Gasteiger partial charge in [-0.2, -0.15) is 0 Å². The van der Waals surface area contributed by atoms with Gasteiger partial charge in [-0.25, -0.2) is 9.59 Å². The van der Waals surface area contributed by atoms with Crippen LogP contribution in [0.5, 0.6) is 23.0 Å². The molecule has 3 aromatic rings. The Kier molecular flexibility index (Phi) is 7.77. The fourth-order valence-electron chi connectivity index (χ4n) is 3.68. The number of carbonyl (C=O) groups is 2. The molecule has 0 unspecified atom stereocenters. The quantitative estimate of drug-likeness (QED) is 0.282. The number of benzene rings is 3. The molecule has 0 saturated carbocycles. The molecule has 0 aliphatic heterocycles. The maximum Gasteiger partial charge on any atom is 0.343 e. The van der Waals surface area contributed by atoms with Crippen LogP contribution in [0.25, 0.3) is 0 Å². The Morgan fingerprint density at radius 1 is 0.556 bits per heavy atom. The van der Waals surface area contributed by atoms with E-state index in [0.29, 0.717) is 34.1 Å². The lowest BCUT2D eigenvalue weighted by atomic mass is 9.86. The molecule has 0 bridgehead atoms. The van der Waals surface area contributed by atoms with Gasteiger partial charge in [0.25, 0.3) is 0 Å². The lowest BCUT2D eigenvalue weighted by Gasteiger charge is -2.23. The number of methoxy groups -OCH3 is 2. The molecule has 3 aromatic carbocycles. The largest absolute Gasteiger partial charge is 0.497 e. The van der Waals surface area contributed by atoms with Gasteiger partial charge in [0.15, 0.2) is 0 Å². The number of hydrogen-bond acceptors (Lipinski definition) is 6. The molecule has 190 valence electrons. The second-order valence-electron chi connectivity index (χ2n) is 10.6. The van der Waals surface area contributed by atoms with E-state index in [0.717, 1.165) is 11.1 Å². The maximum atomic E-state index is 12.9. The molecule has 6 nitrogen and oxygen atoms in total. The van der Waals surface area contributed by atoms with Crippen molar-refractivity contribution < 1.29 is 28.5 Å². The van der Waals surface area contributed by atoms with Gasteiger partial charge in [0.2, 0.25) is 0 Å². The number of ether oxygens (including phenoxy) is 4. The van der Waals surface area contributed by atoms with E-state index in [-0.39, 0.29) is 10.8 Å². The number of esters is 2. The van der Waals surface area contributed by atoms with E-state index in [1.54, 1.807) is 62.8 Å². The van der Waals surface area contributed by atoms with Crippen LogP contribution < -0.4 is 18.9 Å². The Morgan fingerprint density at radius 3 is 1.17 bits per heavy atom. The van der Waals surface area contributed by atoms with Gasteiger partial charge in [0, 0.05) is 11.1 Å². The third-order valence-electron chi connectivity index (χ3n) is 5.75. The highest BCUT2D eigenvalue weighted by atomic mass is 16.5. The van der Waals surface area contributed by atoms with Gasteiger partial charge in [0.1, 0.15) is 23.0 Å². The van der Waals surface area contributed by atoms with Gasteiger partial charge in [0.05, 0.1) is 25.3 Å². The summed E-state index contributed by atoms with van der Waals surface area (Å²) in [6.07, 6.45) is 0. The Bertz CT molecular complexity index is 1150. The molecule has 0 aromatic heterocycles. The third-order valence-corrected chi connectivity index (χ3v) is 5.75. The van der Waals surface area contributed by atoms with Crippen molar-refractivity contribution in [3.05, 3.63) is 82.9 Å². The Hall–Kier alpha value is -3.80. The first kappa shape index (κ1) is 26.8. The summed E-state index contributed by atoms with van der Waals surface area (Å²) >= 11 is 0. The molecule has 36 heavy (non-hydrogen) atoms. The lowest BCUT2D eigenvalue weighted by Crippen LogP contribution is -2.17. The molecule has 0 radical (unpaired) electrons. The van der Waals surface area contributed by atoms with Gasteiger partial charge >= 0.3 is 11.9 Å². The molecular formula is C30H34O6. The van der Waals surface area contributed by atoms with E-state index < -0.39 is 11.9 Å². The average Bonchev–Trinajstić information content (AvgIpc) is 2.83. The summed E-state index contributed by atoms with van der Waals surface area (Å²) in [5.74, 6) is 1.27. The monoisotopic (exact) mass is 490 g/mol. The summed E-state index contributed by atoms with van der Waals surface area (Å²) in [6, 6.07) is 16.9. The summed E-state index contributed by atoms with van der Waals surface area (Å²) in [4.78, 5) is 25.7. The average molecular weight is 491 g/mol. The number of carbonyl (C=O) groups excluding carboxylic acids is 2. The Morgan fingerprint density at radius 2 is 0.889 bits per heavy atom. The molecule has 6 heteroatoms. The van der Waals surface area contributed by atoms with Crippen LogP contribution in [0.1, 0.15) is 73.4 Å². The van der Waals surface area contributed by atoms with Gasteiger partial charge in [-0.3, -0.25) is 0 Å². The van der Waals surface area contributed by atoms with E-state index in [4.69, 9.17) is 18.9 Å². The highest BCUT2D eigenvalue weighted by molar-refractivity contribution is 5.95. The minimum absolute atomic E-state index is 0.259. The van der Waals surface area contributed by atoms with Crippen LogP contribution in [0.3, 0.4) is 0 Å². The van der Waals surface area contributed by atoms with Gasteiger partial charge in [-0.15, -0.1) is 0 Å². The predicted octanol–water partition coefficient (Wildman–Crippen LogP) is 6.74. The van der Waals surface area contributed by atoms with E-state index >= 15 is 0 Å². The van der Waals surface area contributed by atoms with Crippen LogP contribution in [0.4, 0.5) is 0 Å². The lowest BCUT2D eigenvalue weighted by molar-refractivity contribution is 0.0717. The van der Waals surface area contributed by atoms with Crippen molar-refractivity contribution in [3.8, 4) is 23.0 Å². The predicted molar refractivity (Wildman–Crippen MR) is 140 cm³/mol. The minimum Gasteiger partial charge on any atom is -0.497 e. The molecule has 0 amide bonds. The van der Waals surface area contributed by atoms with Crippen molar-refractivity contribution in [2.75, 3.05) is 14.2 Å². The smallest absolute Gasteiger partial charge is 0.343 e. The zero-order chi connectivity index (χ0) is 26.7. The summed E-state index contributed by atoms with van der Waals surface area (Å²) in [5, 5.41) is 0. The molecule has 0 aliphatic carbocycles. The SMILES string of the molecule is COc1ccc(OC(=O)c2ccc(C(=O)Oc3ccc(OC)cc3C(C)(C)C)cc2)c(C(C)(C)C)c1. The summed E-state index contributed by atoms with van der Waals surface area (Å²) < 4.78 is 22.1. The zero-order valence-electron chi connectivity index (χ0n) is 22.2. The minimum atomic E-state index is -0.518. The van der Waals surface area contributed by atoms with Crippen molar-refractivity contribution in [2.45, 2.75) is 52.4 Å². The van der Waals surface area contributed by atoms with E-state index in [1.807, 2.05) is 53.7 Å². The van der Waals surface area contributed by atoms with E-state index in [1.165, 1.54) is 0 Å². The Balaban J connectivity index is 1.78. The summed E-state index contributed by atoms with van der Waals surface area (Å²) in [6.45, 7) is 12.2. The van der Waals surface area contributed by atoms with Crippen LogP contribution >= 0.6 is 0 Å². The topological polar surface area (TPSA) is 71.1 Å². The molecule has 0 saturated heterocycles. The number of rotatable bonds is 6. The van der Waals surface area contributed by atoms with Crippen LogP contribution in [-0.4, -0.2) is 26.2 Å². The van der Waals surface area contributed by atoms with Crippen molar-refractivity contribution in [1.29, 1.82) is 0 Å². The molecule has 0 atom stereocenters. The van der Waals surface area contributed by atoms with Crippen molar-refractivity contribution in [2.24, 2.45) is 0 Å². The van der Waals surface area contributed by atoms with Crippen LogP contribution in [0, 0.1) is 0 Å². The molecule has 3 rings (SSSR count). The molecule has 0 heterocycles. The molecule has 0 aliphatic rings. The van der Waals surface area contributed by atoms with Gasteiger partial charge in [-0.05, 0) is 71.5 Å². The van der Waals surface area contributed by atoms with Crippen LogP contribution in [0.15, 0.2) is 60.7 Å². The van der Waals surface area contributed by atoms with Crippen molar-refractivity contribution in [1.82, 2.24) is 0 Å². The summed E-state index contributed by atoms with van der Waals surface area (Å²) in [5.41, 5.74) is 1.83. The second-order valence-corrected chi connectivity index (χ2v) is 10.6. The fraction of sp³-hybridized carbons (Fsp3) is 0.333. The molecule has 0 spiro atoms. The molecule has 0 N–H and O–H groups in total. The maximum absolute atomic E-state index is 12.9. The van der Waals surface area contributed by atoms with Crippen LogP contribution in [0.2, 0.25) is 0 Å². The zero-order valence-corrected chi connectivity index (χ0v) is 22.2. The number of hydrogen-bond donors (Lipinski definition) is 0. The highest BCUT2D eigenvalue weighted by Gasteiger charge is 2.24. The fourth-order valence-corrected chi connectivity index (χ4v) is 3.68. The van der Waals surface area contributed by atoms with E-state index in [9.17, 15) is 9.59 Å². The third kappa shape index (κ3) is 6.25. The molecular weight excluding hydrogens is 456 g/mol. The van der Waals surface area contributed by atoms with E-state index in [2.05, 4.69) is 0 Å². The van der Waals surface area contributed by atoms with Gasteiger partial charge in [-0.1, -0.05) is 41.5 Å². The van der Waals surface area contributed by atoms with Crippen molar-refractivity contribution in [3.63, 3.8) is 0 Å². The first-order valence-corrected chi connectivity index (χ1v) is 11.7. The second kappa shape index (κ2) is 10.4. The first-order valence-electron chi connectivity index (χ1n) is 11.7. The first-order chi connectivity index (χ1) is 16.8. The van der Waals surface area contributed by atoms with Crippen LogP contribution in [-0.2, 0) is 10.8 Å².